The van der Waals surface area contributed by atoms with Crippen molar-refractivity contribution in [3.05, 3.63) is 71.9 Å². The lowest BCUT2D eigenvalue weighted by Gasteiger charge is -2.10. The zero-order chi connectivity index (χ0) is 17.8. The minimum Gasteiger partial charge on any atom is -0.497 e. The smallest absolute Gasteiger partial charge is 0.257 e. The Bertz CT molecular complexity index is 870. The molecule has 1 amide bonds. The minimum absolute atomic E-state index is 0.0721. The van der Waals surface area contributed by atoms with Gasteiger partial charge in [-0.2, -0.15) is 5.10 Å². The van der Waals surface area contributed by atoms with Crippen LogP contribution in [-0.2, 0) is 6.54 Å². The Hall–Kier alpha value is -3.08. The lowest BCUT2D eigenvalue weighted by atomic mass is 10.1. The van der Waals surface area contributed by atoms with Crippen molar-refractivity contribution in [1.29, 1.82) is 0 Å². The van der Waals surface area contributed by atoms with Crippen LogP contribution in [-0.4, -0.2) is 41.8 Å². The molecule has 0 unspecified atom stereocenters. The van der Waals surface area contributed by atoms with Gasteiger partial charge in [0.05, 0.1) is 19.2 Å². The third-order valence-electron chi connectivity index (χ3n) is 3.93. The van der Waals surface area contributed by atoms with Gasteiger partial charge >= 0.3 is 0 Å². The number of carbonyl (C=O) groups excluding carboxylic acids is 1. The molecular formula is C20H21N3O2. The van der Waals surface area contributed by atoms with Crippen LogP contribution in [0.4, 0.5) is 0 Å². The lowest BCUT2D eigenvalue weighted by molar-refractivity contribution is 0.0828. The summed E-state index contributed by atoms with van der Waals surface area (Å²) < 4.78 is 7.10. The lowest BCUT2D eigenvalue weighted by Crippen LogP contribution is -2.21. The number of rotatable bonds is 5. The molecule has 25 heavy (non-hydrogen) atoms. The van der Waals surface area contributed by atoms with Gasteiger partial charge in [-0.25, -0.2) is 0 Å². The van der Waals surface area contributed by atoms with Crippen LogP contribution in [0.15, 0.2) is 60.8 Å². The number of amides is 1. The van der Waals surface area contributed by atoms with Crippen molar-refractivity contribution < 1.29 is 9.53 Å². The van der Waals surface area contributed by atoms with Gasteiger partial charge in [0.15, 0.2) is 0 Å². The quantitative estimate of drug-likeness (QED) is 0.719. The van der Waals surface area contributed by atoms with E-state index < -0.39 is 0 Å². The van der Waals surface area contributed by atoms with Crippen molar-refractivity contribution in [2.75, 3.05) is 21.2 Å². The fraction of sp³-hybridized carbons (Fsp3) is 0.200. The summed E-state index contributed by atoms with van der Waals surface area (Å²) in [6, 6.07) is 17.6. The molecule has 5 heteroatoms. The van der Waals surface area contributed by atoms with E-state index in [9.17, 15) is 4.79 Å². The molecule has 128 valence electrons. The monoisotopic (exact) mass is 335 g/mol. The molecule has 5 nitrogen and oxygen atoms in total. The Labute approximate surface area is 147 Å². The van der Waals surface area contributed by atoms with E-state index in [0.29, 0.717) is 17.8 Å². The van der Waals surface area contributed by atoms with Gasteiger partial charge in [0, 0.05) is 25.9 Å². The van der Waals surface area contributed by atoms with E-state index in [-0.39, 0.29) is 5.91 Å². The highest BCUT2D eigenvalue weighted by Gasteiger charge is 2.19. The van der Waals surface area contributed by atoms with Gasteiger partial charge in [-0.1, -0.05) is 42.5 Å². The highest BCUT2D eigenvalue weighted by atomic mass is 16.5. The van der Waals surface area contributed by atoms with E-state index in [2.05, 4.69) is 5.10 Å². The molecule has 0 bridgehead atoms. The van der Waals surface area contributed by atoms with Gasteiger partial charge in [-0.3, -0.25) is 9.48 Å². The number of hydrogen-bond acceptors (Lipinski definition) is 3. The molecule has 1 heterocycles. The van der Waals surface area contributed by atoms with Crippen LogP contribution in [0.2, 0.25) is 0 Å². The number of hydrogen-bond donors (Lipinski definition) is 0. The van der Waals surface area contributed by atoms with Crippen LogP contribution in [0.3, 0.4) is 0 Å². The molecule has 0 saturated carbocycles. The molecule has 0 spiro atoms. The molecule has 3 rings (SSSR count). The fourth-order valence-corrected chi connectivity index (χ4v) is 2.65. The molecule has 1 aromatic heterocycles. The second-order valence-electron chi connectivity index (χ2n) is 6.01. The first-order valence-electron chi connectivity index (χ1n) is 8.06. The van der Waals surface area contributed by atoms with Gasteiger partial charge < -0.3 is 9.64 Å². The molecule has 0 N–H and O–H groups in total. The number of benzene rings is 2. The summed E-state index contributed by atoms with van der Waals surface area (Å²) in [5, 5.41) is 4.67. The molecule has 0 aliphatic heterocycles. The van der Waals surface area contributed by atoms with Crippen LogP contribution in [0, 0.1) is 0 Å². The third kappa shape index (κ3) is 3.71. The van der Waals surface area contributed by atoms with Crippen molar-refractivity contribution in [3.63, 3.8) is 0 Å². The third-order valence-corrected chi connectivity index (χ3v) is 3.93. The molecule has 0 fully saturated rings. The summed E-state index contributed by atoms with van der Waals surface area (Å²) in [4.78, 5) is 14.2. The Kier molecular flexibility index (Phi) is 4.84. The Balaban J connectivity index is 2.04. The van der Waals surface area contributed by atoms with E-state index in [1.165, 1.54) is 0 Å². The topological polar surface area (TPSA) is 47.4 Å². The molecular weight excluding hydrogens is 314 g/mol. The predicted octanol–water partition coefficient (Wildman–Crippen LogP) is 3.31. The molecule has 0 radical (unpaired) electrons. The highest BCUT2D eigenvalue weighted by molar-refractivity contribution is 5.99. The standard InChI is InChI=1S/C20H21N3O2/c1-22(2)20(24)18-14-23(13-15-8-5-4-6-9-15)21-19(18)16-10-7-11-17(12-16)25-3/h4-12,14H,13H2,1-3H3. The Morgan fingerprint density at radius 3 is 2.56 bits per heavy atom. The molecule has 2 aromatic carbocycles. The van der Waals surface area contributed by atoms with E-state index in [1.807, 2.05) is 60.8 Å². The Morgan fingerprint density at radius 2 is 1.88 bits per heavy atom. The molecule has 0 aliphatic rings. The maximum Gasteiger partial charge on any atom is 0.257 e. The molecule has 0 atom stereocenters. The van der Waals surface area contributed by atoms with Crippen LogP contribution in [0.25, 0.3) is 11.3 Å². The highest BCUT2D eigenvalue weighted by Crippen LogP contribution is 2.26. The number of nitrogens with zero attached hydrogens (tertiary/aromatic N) is 3. The fourth-order valence-electron chi connectivity index (χ4n) is 2.65. The number of ether oxygens (including phenoxy) is 1. The molecule has 3 aromatic rings. The van der Waals surface area contributed by atoms with E-state index in [1.54, 1.807) is 30.8 Å². The van der Waals surface area contributed by atoms with Gasteiger partial charge in [-0.05, 0) is 17.7 Å². The van der Waals surface area contributed by atoms with E-state index >= 15 is 0 Å². The zero-order valence-electron chi connectivity index (χ0n) is 14.6. The summed E-state index contributed by atoms with van der Waals surface area (Å²) in [5.41, 5.74) is 3.23. The van der Waals surface area contributed by atoms with Crippen LogP contribution < -0.4 is 4.74 Å². The Morgan fingerprint density at radius 1 is 1.12 bits per heavy atom. The van der Waals surface area contributed by atoms with Gasteiger partial charge in [0.2, 0.25) is 0 Å². The van der Waals surface area contributed by atoms with E-state index in [4.69, 9.17) is 4.74 Å². The summed E-state index contributed by atoms with van der Waals surface area (Å²) in [6.45, 7) is 0.610. The van der Waals surface area contributed by atoms with Crippen molar-refractivity contribution in [1.82, 2.24) is 14.7 Å². The van der Waals surface area contributed by atoms with Crippen molar-refractivity contribution in [3.8, 4) is 17.0 Å². The van der Waals surface area contributed by atoms with Crippen molar-refractivity contribution in [2.24, 2.45) is 0 Å². The number of methoxy groups -OCH3 is 1. The second kappa shape index (κ2) is 7.21. The first-order valence-corrected chi connectivity index (χ1v) is 8.06. The molecule has 0 saturated heterocycles. The van der Waals surface area contributed by atoms with Gasteiger partial charge in [-0.15, -0.1) is 0 Å². The van der Waals surface area contributed by atoms with Crippen LogP contribution in [0.1, 0.15) is 15.9 Å². The summed E-state index contributed by atoms with van der Waals surface area (Å²) in [5.74, 6) is 0.662. The van der Waals surface area contributed by atoms with Crippen LogP contribution >= 0.6 is 0 Å². The summed E-state index contributed by atoms with van der Waals surface area (Å²) >= 11 is 0. The number of carbonyl (C=O) groups is 1. The normalized spacial score (nSPS) is 10.5. The van der Waals surface area contributed by atoms with Crippen LogP contribution in [0.5, 0.6) is 5.75 Å². The average molecular weight is 335 g/mol. The summed E-state index contributed by atoms with van der Waals surface area (Å²) in [6.07, 6.45) is 1.81. The zero-order valence-corrected chi connectivity index (χ0v) is 14.6. The summed E-state index contributed by atoms with van der Waals surface area (Å²) in [7, 11) is 5.11. The molecule has 0 aliphatic carbocycles. The number of aromatic nitrogens is 2. The maximum absolute atomic E-state index is 12.6. The van der Waals surface area contributed by atoms with Crippen molar-refractivity contribution >= 4 is 5.91 Å². The SMILES string of the molecule is COc1cccc(-c2nn(Cc3ccccc3)cc2C(=O)N(C)C)c1. The van der Waals surface area contributed by atoms with E-state index in [0.717, 1.165) is 16.9 Å². The maximum atomic E-state index is 12.6. The first-order chi connectivity index (χ1) is 12.1. The predicted molar refractivity (Wildman–Crippen MR) is 97.8 cm³/mol. The van der Waals surface area contributed by atoms with Gasteiger partial charge in [0.1, 0.15) is 11.4 Å². The minimum atomic E-state index is -0.0721. The average Bonchev–Trinajstić information content (AvgIpc) is 3.05. The van der Waals surface area contributed by atoms with Gasteiger partial charge in [0.25, 0.3) is 5.91 Å². The largest absolute Gasteiger partial charge is 0.497 e. The second-order valence-corrected chi connectivity index (χ2v) is 6.01. The van der Waals surface area contributed by atoms with Crippen molar-refractivity contribution in [2.45, 2.75) is 6.54 Å². The first kappa shape index (κ1) is 16.8.